The number of aromatic nitrogens is 2. The van der Waals surface area contributed by atoms with Crippen LogP contribution >= 0.6 is 0 Å². The van der Waals surface area contributed by atoms with Gasteiger partial charge in [-0.05, 0) is 0 Å². The molecule has 2 N–H and O–H groups in total. The summed E-state index contributed by atoms with van der Waals surface area (Å²) < 4.78 is 0.715. The summed E-state index contributed by atoms with van der Waals surface area (Å²) in [5, 5.41) is 17.1. The molecular formula is C8H15N5O. The molecule has 0 bridgehead atoms. The van der Waals surface area contributed by atoms with Crippen molar-refractivity contribution in [3.05, 3.63) is 11.3 Å². The molecule has 0 radical (unpaired) electrons. The second kappa shape index (κ2) is 3.99. The Bertz CT molecular complexity index is 301. The van der Waals surface area contributed by atoms with Crippen molar-refractivity contribution in [2.75, 3.05) is 43.7 Å². The first-order valence-electron chi connectivity index (χ1n) is 4.27. The fourth-order valence-electron chi connectivity index (χ4n) is 1.04. The van der Waals surface area contributed by atoms with E-state index in [0.717, 1.165) is 5.82 Å². The average molecular weight is 197 g/mol. The molecule has 6 heteroatoms. The van der Waals surface area contributed by atoms with Gasteiger partial charge in [0.15, 0.2) is 11.6 Å². The lowest BCUT2D eigenvalue weighted by molar-refractivity contribution is -0.577. The summed E-state index contributed by atoms with van der Waals surface area (Å²) in [7, 11) is 7.10. The van der Waals surface area contributed by atoms with Crippen LogP contribution in [0.15, 0.2) is 6.07 Å². The van der Waals surface area contributed by atoms with Crippen molar-refractivity contribution in [2.45, 2.75) is 0 Å². The molecule has 0 unspecified atom stereocenters. The summed E-state index contributed by atoms with van der Waals surface area (Å²) in [6.07, 6.45) is 0. The Morgan fingerprint density at radius 2 is 2.00 bits per heavy atom. The van der Waals surface area contributed by atoms with Crippen molar-refractivity contribution in [1.82, 2.24) is 4.98 Å². The van der Waals surface area contributed by atoms with Gasteiger partial charge in [-0.3, -0.25) is 5.32 Å². The van der Waals surface area contributed by atoms with Crippen molar-refractivity contribution < 1.29 is 4.73 Å². The second-order valence-corrected chi connectivity index (χ2v) is 3.01. The van der Waals surface area contributed by atoms with Crippen LogP contribution in [0.25, 0.3) is 0 Å². The molecular weight excluding hydrogens is 182 g/mol. The Labute approximate surface area is 83.1 Å². The summed E-state index contributed by atoms with van der Waals surface area (Å²) in [6, 6.07) is 1.69. The van der Waals surface area contributed by atoms with Crippen molar-refractivity contribution in [3.63, 3.8) is 0 Å². The minimum atomic E-state index is 0.278. The summed E-state index contributed by atoms with van der Waals surface area (Å²) in [5.74, 6) is 1.47. The maximum absolute atomic E-state index is 11.5. The predicted octanol–water partition coefficient (Wildman–Crippen LogP) is -0.136. The highest BCUT2D eigenvalue weighted by Crippen LogP contribution is 2.13. The number of anilines is 3. The molecule has 1 aromatic rings. The van der Waals surface area contributed by atoms with Crippen LogP contribution in [0.2, 0.25) is 0 Å². The lowest BCUT2D eigenvalue weighted by atomic mass is 10.5. The SMILES string of the molecule is CNc1cc(N(C)C)nc(NC)[n+]1[O-]. The van der Waals surface area contributed by atoms with E-state index in [4.69, 9.17) is 0 Å². The Morgan fingerprint density at radius 1 is 1.36 bits per heavy atom. The van der Waals surface area contributed by atoms with E-state index in [-0.39, 0.29) is 5.95 Å². The largest absolute Gasteiger partial charge is 0.754 e. The minimum absolute atomic E-state index is 0.278. The van der Waals surface area contributed by atoms with Crippen molar-refractivity contribution in [3.8, 4) is 0 Å². The molecule has 1 heterocycles. The minimum Gasteiger partial charge on any atom is -0.754 e. The highest BCUT2D eigenvalue weighted by molar-refractivity contribution is 5.48. The number of hydrogen-bond acceptors (Lipinski definition) is 5. The van der Waals surface area contributed by atoms with Crippen LogP contribution < -0.4 is 20.3 Å². The van der Waals surface area contributed by atoms with Crippen LogP contribution in [0, 0.1) is 5.21 Å². The van der Waals surface area contributed by atoms with Gasteiger partial charge in [-0.25, -0.2) is 4.73 Å². The van der Waals surface area contributed by atoms with E-state index in [1.165, 1.54) is 0 Å². The van der Waals surface area contributed by atoms with Crippen molar-refractivity contribution in [2.24, 2.45) is 0 Å². The van der Waals surface area contributed by atoms with E-state index in [1.54, 1.807) is 20.2 Å². The van der Waals surface area contributed by atoms with E-state index in [0.29, 0.717) is 10.5 Å². The zero-order valence-corrected chi connectivity index (χ0v) is 8.83. The quantitative estimate of drug-likeness (QED) is 0.521. The van der Waals surface area contributed by atoms with Crippen LogP contribution in [0.5, 0.6) is 0 Å². The van der Waals surface area contributed by atoms with E-state index in [1.807, 2.05) is 19.0 Å². The number of rotatable bonds is 3. The van der Waals surface area contributed by atoms with E-state index < -0.39 is 0 Å². The fourth-order valence-corrected chi connectivity index (χ4v) is 1.04. The molecule has 0 fully saturated rings. The molecule has 0 saturated heterocycles. The maximum atomic E-state index is 11.5. The van der Waals surface area contributed by atoms with Crippen molar-refractivity contribution in [1.29, 1.82) is 0 Å². The van der Waals surface area contributed by atoms with Crippen LogP contribution in [0.1, 0.15) is 0 Å². The van der Waals surface area contributed by atoms with Gasteiger partial charge in [0.25, 0.3) is 0 Å². The lowest BCUT2D eigenvalue weighted by Crippen LogP contribution is -2.35. The first-order chi connectivity index (χ1) is 6.60. The van der Waals surface area contributed by atoms with Gasteiger partial charge in [-0.2, -0.15) is 0 Å². The molecule has 6 nitrogen and oxygen atoms in total. The highest BCUT2D eigenvalue weighted by atomic mass is 16.5. The molecule has 0 spiro atoms. The van der Waals surface area contributed by atoms with Crippen molar-refractivity contribution >= 4 is 17.6 Å². The second-order valence-electron chi connectivity index (χ2n) is 3.01. The Balaban J connectivity index is 3.25. The van der Waals surface area contributed by atoms with Crippen LogP contribution in [-0.4, -0.2) is 33.2 Å². The van der Waals surface area contributed by atoms with Crippen LogP contribution in [0.4, 0.5) is 17.6 Å². The molecule has 0 amide bonds. The van der Waals surface area contributed by atoms with E-state index in [2.05, 4.69) is 15.6 Å². The summed E-state index contributed by atoms with van der Waals surface area (Å²) >= 11 is 0. The van der Waals surface area contributed by atoms with Gasteiger partial charge in [0.1, 0.15) is 0 Å². The van der Waals surface area contributed by atoms with Gasteiger partial charge in [0.05, 0.1) is 6.07 Å². The predicted molar refractivity (Wildman–Crippen MR) is 56.6 cm³/mol. The zero-order chi connectivity index (χ0) is 10.7. The van der Waals surface area contributed by atoms with Gasteiger partial charge in [-0.15, -0.1) is 0 Å². The number of nitrogens with one attached hydrogen (secondary N) is 2. The average Bonchev–Trinajstić information content (AvgIpc) is 2.17. The topological polar surface area (TPSA) is 67.1 Å². The normalized spacial score (nSPS) is 9.71. The molecule has 1 aromatic heterocycles. The van der Waals surface area contributed by atoms with E-state index in [9.17, 15) is 5.21 Å². The number of hydrogen-bond donors (Lipinski definition) is 2. The molecule has 0 saturated carbocycles. The fraction of sp³-hybridized carbons (Fsp3) is 0.500. The maximum Gasteiger partial charge on any atom is 0.348 e. The van der Waals surface area contributed by atoms with Gasteiger partial charge < -0.3 is 15.4 Å². The molecule has 0 aromatic carbocycles. The van der Waals surface area contributed by atoms with Gasteiger partial charge >= 0.3 is 5.95 Å². The zero-order valence-electron chi connectivity index (χ0n) is 8.83. The van der Waals surface area contributed by atoms with E-state index >= 15 is 0 Å². The third kappa shape index (κ3) is 1.78. The third-order valence-corrected chi connectivity index (χ3v) is 1.84. The standard InChI is InChI=1S/C8H15N5O/c1-9-6-5-7(12(3)4)11-8(10-2)13(6)14/h5,9H,1-4H3,(H,10,11). The molecule has 0 aliphatic carbocycles. The first-order valence-corrected chi connectivity index (χ1v) is 4.27. The summed E-state index contributed by atoms with van der Waals surface area (Å²) in [5.41, 5.74) is 0. The Morgan fingerprint density at radius 3 is 2.43 bits per heavy atom. The smallest absolute Gasteiger partial charge is 0.348 e. The lowest BCUT2D eigenvalue weighted by Gasteiger charge is -2.16. The molecule has 0 aliphatic rings. The van der Waals surface area contributed by atoms with Crippen LogP contribution in [-0.2, 0) is 0 Å². The Hall–Kier alpha value is -1.72. The molecule has 1 rings (SSSR count). The molecule has 0 aliphatic heterocycles. The van der Waals surface area contributed by atoms with Gasteiger partial charge in [-0.1, -0.05) is 4.98 Å². The van der Waals surface area contributed by atoms with Gasteiger partial charge in [0.2, 0.25) is 0 Å². The number of nitrogens with zero attached hydrogens (tertiary/aromatic N) is 3. The summed E-state index contributed by atoms with van der Waals surface area (Å²) in [4.78, 5) is 5.96. The first kappa shape index (κ1) is 10.4. The Kier molecular flexibility index (Phi) is 2.95. The van der Waals surface area contributed by atoms with Crippen LogP contribution in [0.3, 0.4) is 0 Å². The van der Waals surface area contributed by atoms with Gasteiger partial charge in [0, 0.05) is 28.2 Å². The molecule has 0 atom stereocenters. The monoisotopic (exact) mass is 197 g/mol. The summed E-state index contributed by atoms with van der Waals surface area (Å²) in [6.45, 7) is 0. The highest BCUT2D eigenvalue weighted by Gasteiger charge is 2.11. The molecule has 78 valence electrons. The third-order valence-electron chi connectivity index (χ3n) is 1.84. The molecule has 14 heavy (non-hydrogen) atoms.